The van der Waals surface area contributed by atoms with Crippen LogP contribution in [0.3, 0.4) is 0 Å². The van der Waals surface area contributed by atoms with Crippen molar-refractivity contribution in [3.8, 4) is 11.3 Å². The lowest BCUT2D eigenvalue weighted by atomic mass is 10.1. The van der Waals surface area contributed by atoms with E-state index in [2.05, 4.69) is 15.5 Å². The van der Waals surface area contributed by atoms with Gasteiger partial charge in [0, 0.05) is 29.3 Å². The number of nitrogens with zero attached hydrogens (tertiary/aromatic N) is 2. The molecule has 2 N–H and O–H groups in total. The number of aromatic nitrogens is 2. The van der Waals surface area contributed by atoms with Gasteiger partial charge in [-0.25, -0.2) is 0 Å². The Morgan fingerprint density at radius 2 is 1.92 bits per heavy atom. The first-order valence-corrected chi connectivity index (χ1v) is 7.74. The van der Waals surface area contributed by atoms with Crippen molar-refractivity contribution in [1.82, 2.24) is 15.5 Å². The van der Waals surface area contributed by atoms with Gasteiger partial charge in [0.15, 0.2) is 0 Å². The Morgan fingerprint density at radius 1 is 1.20 bits per heavy atom. The van der Waals surface area contributed by atoms with Crippen molar-refractivity contribution in [2.75, 3.05) is 0 Å². The molecule has 3 rings (SSSR count). The van der Waals surface area contributed by atoms with E-state index < -0.39 is 4.92 Å². The maximum atomic E-state index is 12.4. The maximum Gasteiger partial charge on any atom is 0.269 e. The molecule has 0 aliphatic heterocycles. The lowest BCUT2D eigenvalue weighted by Crippen LogP contribution is -2.23. The fraction of sp³-hybridized carbons (Fsp3) is 0.0588. The summed E-state index contributed by atoms with van der Waals surface area (Å²) >= 11 is 6.08. The van der Waals surface area contributed by atoms with E-state index in [4.69, 9.17) is 11.6 Å². The molecule has 7 nitrogen and oxygen atoms in total. The first-order valence-electron chi connectivity index (χ1n) is 7.36. The highest BCUT2D eigenvalue weighted by Crippen LogP contribution is 2.24. The molecule has 0 spiro atoms. The van der Waals surface area contributed by atoms with E-state index in [1.165, 1.54) is 18.3 Å². The van der Waals surface area contributed by atoms with E-state index in [0.29, 0.717) is 21.8 Å². The zero-order chi connectivity index (χ0) is 17.8. The second-order valence-corrected chi connectivity index (χ2v) is 5.64. The van der Waals surface area contributed by atoms with E-state index in [1.807, 2.05) is 18.2 Å². The van der Waals surface area contributed by atoms with Crippen LogP contribution >= 0.6 is 11.6 Å². The predicted molar refractivity (Wildman–Crippen MR) is 93.3 cm³/mol. The number of amides is 1. The molecule has 0 unspecified atom stereocenters. The highest BCUT2D eigenvalue weighted by atomic mass is 35.5. The smallest absolute Gasteiger partial charge is 0.269 e. The molecule has 0 saturated heterocycles. The average molecular weight is 357 g/mol. The molecule has 25 heavy (non-hydrogen) atoms. The van der Waals surface area contributed by atoms with Gasteiger partial charge in [0.05, 0.1) is 22.4 Å². The number of H-pyrrole nitrogens is 1. The number of carbonyl (C=O) groups is 1. The number of rotatable bonds is 5. The second-order valence-electron chi connectivity index (χ2n) is 5.24. The van der Waals surface area contributed by atoms with Crippen LogP contribution in [0.2, 0.25) is 5.02 Å². The number of carbonyl (C=O) groups excluding carboxylic acids is 1. The minimum Gasteiger partial charge on any atom is -0.348 e. The van der Waals surface area contributed by atoms with Gasteiger partial charge in [-0.1, -0.05) is 29.8 Å². The molecule has 0 aliphatic carbocycles. The zero-order valence-corrected chi connectivity index (χ0v) is 13.7. The summed E-state index contributed by atoms with van der Waals surface area (Å²) in [6.45, 7) is 0.281. The van der Waals surface area contributed by atoms with E-state index in [9.17, 15) is 14.9 Å². The normalized spacial score (nSPS) is 10.4. The quantitative estimate of drug-likeness (QED) is 0.539. The number of hydrogen-bond donors (Lipinski definition) is 2. The van der Waals surface area contributed by atoms with Gasteiger partial charge in [-0.2, -0.15) is 5.10 Å². The number of nitro groups is 1. The molecule has 3 aromatic rings. The number of halogens is 1. The van der Waals surface area contributed by atoms with Gasteiger partial charge in [0.2, 0.25) is 0 Å². The number of non-ortho nitro benzene ring substituents is 1. The summed E-state index contributed by atoms with van der Waals surface area (Å²) < 4.78 is 0. The van der Waals surface area contributed by atoms with Crippen LogP contribution in [0.4, 0.5) is 5.69 Å². The Hall–Kier alpha value is -3.19. The monoisotopic (exact) mass is 356 g/mol. The van der Waals surface area contributed by atoms with Crippen molar-refractivity contribution >= 4 is 23.2 Å². The average Bonchev–Trinajstić information content (AvgIpc) is 3.10. The number of hydrogen-bond acceptors (Lipinski definition) is 4. The first-order chi connectivity index (χ1) is 12.1. The summed E-state index contributed by atoms with van der Waals surface area (Å²) in [5, 5.41) is 20.8. The van der Waals surface area contributed by atoms with E-state index in [-0.39, 0.29) is 18.1 Å². The Labute approximate surface area is 147 Å². The lowest BCUT2D eigenvalue weighted by molar-refractivity contribution is -0.384. The van der Waals surface area contributed by atoms with Crippen molar-refractivity contribution in [2.24, 2.45) is 0 Å². The molecule has 126 valence electrons. The highest BCUT2D eigenvalue weighted by molar-refractivity contribution is 6.31. The fourth-order valence-electron chi connectivity index (χ4n) is 2.34. The first kappa shape index (κ1) is 16.7. The predicted octanol–water partition coefficient (Wildman–Crippen LogP) is 3.57. The third-order valence-electron chi connectivity index (χ3n) is 3.65. The van der Waals surface area contributed by atoms with E-state index in [1.54, 1.807) is 18.2 Å². The molecule has 1 aromatic heterocycles. The van der Waals surface area contributed by atoms with Gasteiger partial charge < -0.3 is 5.32 Å². The number of aromatic amines is 1. The van der Waals surface area contributed by atoms with Crippen LogP contribution in [0.15, 0.2) is 54.7 Å². The van der Waals surface area contributed by atoms with Crippen LogP contribution < -0.4 is 5.32 Å². The van der Waals surface area contributed by atoms with Crippen molar-refractivity contribution in [1.29, 1.82) is 0 Å². The summed E-state index contributed by atoms with van der Waals surface area (Å²) in [4.78, 5) is 22.7. The minimum absolute atomic E-state index is 0.0204. The summed E-state index contributed by atoms with van der Waals surface area (Å²) in [6.07, 6.45) is 1.42. The SMILES string of the molecule is O=C(NCc1ccccc1Cl)c1cn[nH]c1-c1ccc([N+](=O)[O-])cc1. The van der Waals surface area contributed by atoms with Crippen molar-refractivity contribution < 1.29 is 9.72 Å². The fourth-order valence-corrected chi connectivity index (χ4v) is 2.54. The van der Waals surface area contributed by atoms with Crippen LogP contribution in [-0.4, -0.2) is 21.0 Å². The second kappa shape index (κ2) is 7.14. The van der Waals surface area contributed by atoms with Crippen LogP contribution in [0.25, 0.3) is 11.3 Å². The number of nitro benzene ring substituents is 1. The third kappa shape index (κ3) is 3.67. The van der Waals surface area contributed by atoms with Crippen LogP contribution in [0, 0.1) is 10.1 Å². The molecular formula is C17H13ClN4O3. The molecule has 0 radical (unpaired) electrons. The van der Waals surface area contributed by atoms with Gasteiger partial charge >= 0.3 is 0 Å². The van der Waals surface area contributed by atoms with Crippen molar-refractivity contribution in [2.45, 2.75) is 6.54 Å². The Kier molecular flexibility index (Phi) is 4.76. The lowest BCUT2D eigenvalue weighted by Gasteiger charge is -2.07. The molecule has 0 saturated carbocycles. The van der Waals surface area contributed by atoms with Gasteiger partial charge in [-0.15, -0.1) is 0 Å². The number of nitrogens with one attached hydrogen (secondary N) is 2. The minimum atomic E-state index is -0.478. The molecule has 0 bridgehead atoms. The standard InChI is InChI=1S/C17H13ClN4O3/c18-15-4-2-1-3-12(15)9-19-17(23)14-10-20-21-16(14)11-5-7-13(8-6-11)22(24)25/h1-8,10H,9H2,(H,19,23)(H,20,21). The van der Waals surface area contributed by atoms with Gasteiger partial charge in [0.1, 0.15) is 0 Å². The van der Waals surface area contributed by atoms with Crippen LogP contribution in [0.5, 0.6) is 0 Å². The maximum absolute atomic E-state index is 12.4. The Bertz CT molecular complexity index is 922. The topological polar surface area (TPSA) is 101 Å². The highest BCUT2D eigenvalue weighted by Gasteiger charge is 2.16. The summed E-state index contributed by atoms with van der Waals surface area (Å²) in [7, 11) is 0. The summed E-state index contributed by atoms with van der Waals surface area (Å²) in [6, 6.07) is 13.1. The molecule has 0 fully saturated rings. The van der Waals surface area contributed by atoms with E-state index in [0.717, 1.165) is 5.56 Å². The molecule has 0 aliphatic rings. The third-order valence-corrected chi connectivity index (χ3v) is 4.02. The van der Waals surface area contributed by atoms with Crippen LogP contribution in [0.1, 0.15) is 15.9 Å². The number of benzene rings is 2. The van der Waals surface area contributed by atoms with Gasteiger partial charge in [-0.05, 0) is 23.8 Å². The summed E-state index contributed by atoms with van der Waals surface area (Å²) in [5.41, 5.74) is 2.25. The molecule has 1 amide bonds. The van der Waals surface area contributed by atoms with Crippen molar-refractivity contribution in [3.05, 3.63) is 81.0 Å². The zero-order valence-electron chi connectivity index (χ0n) is 12.9. The largest absolute Gasteiger partial charge is 0.348 e. The van der Waals surface area contributed by atoms with E-state index >= 15 is 0 Å². The Morgan fingerprint density at radius 3 is 2.60 bits per heavy atom. The molecular weight excluding hydrogens is 344 g/mol. The Balaban J connectivity index is 1.77. The van der Waals surface area contributed by atoms with Crippen LogP contribution in [-0.2, 0) is 6.54 Å². The molecule has 1 heterocycles. The van der Waals surface area contributed by atoms with Gasteiger partial charge in [0.25, 0.3) is 11.6 Å². The van der Waals surface area contributed by atoms with Crippen molar-refractivity contribution in [3.63, 3.8) is 0 Å². The molecule has 2 aromatic carbocycles. The summed E-state index contributed by atoms with van der Waals surface area (Å²) in [5.74, 6) is -0.318. The van der Waals surface area contributed by atoms with Gasteiger partial charge in [-0.3, -0.25) is 20.0 Å². The molecule has 8 heteroatoms. The molecule has 0 atom stereocenters.